The monoisotopic (exact) mass is 305 g/mol. The lowest BCUT2D eigenvalue weighted by molar-refractivity contribution is -0.138. The van der Waals surface area contributed by atoms with E-state index in [2.05, 4.69) is 5.10 Å². The lowest BCUT2D eigenvalue weighted by Gasteiger charge is -2.30. The first kappa shape index (κ1) is 15.1. The van der Waals surface area contributed by atoms with E-state index in [0.717, 1.165) is 25.7 Å². The van der Waals surface area contributed by atoms with E-state index in [1.165, 1.54) is 12.8 Å². The third-order valence-electron chi connectivity index (χ3n) is 4.89. The van der Waals surface area contributed by atoms with E-state index in [0.29, 0.717) is 24.8 Å². The molecule has 0 aromatic carbocycles. The van der Waals surface area contributed by atoms with Gasteiger partial charge < -0.3 is 10.0 Å². The molecule has 2 fully saturated rings. The number of nitrogens with zero attached hydrogens (tertiary/aromatic N) is 3. The summed E-state index contributed by atoms with van der Waals surface area (Å²) in [6.07, 6.45) is 8.43. The second-order valence-electron chi connectivity index (χ2n) is 6.45. The summed E-state index contributed by atoms with van der Waals surface area (Å²) < 4.78 is 1.94. The molecule has 1 amide bonds. The van der Waals surface area contributed by atoms with E-state index in [1.54, 1.807) is 4.90 Å². The molecule has 1 aromatic heterocycles. The molecular formula is C16H23N3O3. The van der Waals surface area contributed by atoms with Gasteiger partial charge in [-0.05, 0) is 37.7 Å². The first-order valence-corrected chi connectivity index (χ1v) is 8.19. The summed E-state index contributed by atoms with van der Waals surface area (Å²) in [4.78, 5) is 25.0. The third-order valence-corrected chi connectivity index (χ3v) is 4.89. The van der Waals surface area contributed by atoms with Crippen LogP contribution in [0.1, 0.15) is 61.5 Å². The fourth-order valence-electron chi connectivity index (χ4n) is 3.57. The smallest absolute Gasteiger partial charge is 0.303 e. The molecule has 1 saturated carbocycles. The Morgan fingerprint density at radius 2 is 1.86 bits per heavy atom. The Balaban J connectivity index is 1.57. The second kappa shape index (κ2) is 6.50. The molecule has 0 spiro atoms. The summed E-state index contributed by atoms with van der Waals surface area (Å²) in [6, 6.07) is 2.26. The Labute approximate surface area is 130 Å². The van der Waals surface area contributed by atoms with Crippen molar-refractivity contribution in [1.82, 2.24) is 14.7 Å². The summed E-state index contributed by atoms with van der Waals surface area (Å²) >= 11 is 0. The van der Waals surface area contributed by atoms with Crippen LogP contribution in [0.15, 0.2) is 12.3 Å². The highest BCUT2D eigenvalue weighted by Gasteiger charge is 2.27. The zero-order chi connectivity index (χ0) is 15.5. The minimum atomic E-state index is -0.750. The number of aliphatic carboxylic acids is 1. The molecule has 1 N–H and O–H groups in total. The first-order chi connectivity index (χ1) is 10.6. The fraction of sp³-hybridized carbons (Fsp3) is 0.688. The van der Waals surface area contributed by atoms with E-state index in [1.807, 2.05) is 16.9 Å². The van der Waals surface area contributed by atoms with Gasteiger partial charge in [0.1, 0.15) is 5.69 Å². The number of carboxylic acid groups (broad SMARTS) is 1. The lowest BCUT2D eigenvalue weighted by Crippen LogP contribution is -2.39. The second-order valence-corrected chi connectivity index (χ2v) is 6.45. The molecule has 6 heteroatoms. The first-order valence-electron chi connectivity index (χ1n) is 8.19. The highest BCUT2D eigenvalue weighted by molar-refractivity contribution is 5.92. The maximum absolute atomic E-state index is 12.5. The molecule has 0 bridgehead atoms. The molecular weight excluding hydrogens is 282 g/mol. The Morgan fingerprint density at radius 1 is 1.18 bits per heavy atom. The molecule has 2 heterocycles. The number of amides is 1. The van der Waals surface area contributed by atoms with Crippen LogP contribution in [0, 0.1) is 5.92 Å². The van der Waals surface area contributed by atoms with Gasteiger partial charge in [0.2, 0.25) is 0 Å². The molecule has 2 aliphatic rings. The van der Waals surface area contributed by atoms with E-state index < -0.39 is 5.97 Å². The van der Waals surface area contributed by atoms with Crippen LogP contribution in [0.5, 0.6) is 0 Å². The fourth-order valence-corrected chi connectivity index (χ4v) is 3.57. The largest absolute Gasteiger partial charge is 0.481 e. The molecule has 6 nitrogen and oxygen atoms in total. The van der Waals surface area contributed by atoms with Crippen molar-refractivity contribution in [2.24, 2.45) is 5.92 Å². The third kappa shape index (κ3) is 3.31. The van der Waals surface area contributed by atoms with Gasteiger partial charge in [0.25, 0.3) is 5.91 Å². The lowest BCUT2D eigenvalue weighted by atomic mass is 9.93. The summed E-state index contributed by atoms with van der Waals surface area (Å²) in [5, 5.41) is 13.3. The van der Waals surface area contributed by atoms with Crippen LogP contribution in [0.4, 0.5) is 0 Å². The van der Waals surface area contributed by atoms with E-state index in [9.17, 15) is 9.59 Å². The molecule has 120 valence electrons. The number of carbonyl (C=O) groups excluding carboxylic acids is 1. The van der Waals surface area contributed by atoms with Crippen molar-refractivity contribution < 1.29 is 14.7 Å². The topological polar surface area (TPSA) is 75.4 Å². The maximum atomic E-state index is 12.5. The molecule has 0 unspecified atom stereocenters. The molecule has 1 aromatic rings. The van der Waals surface area contributed by atoms with Gasteiger partial charge in [0.05, 0.1) is 6.04 Å². The van der Waals surface area contributed by atoms with Gasteiger partial charge in [0.15, 0.2) is 0 Å². The SMILES string of the molecule is O=C(O)CC1CCN(C(=O)c2ccn(C3CCCC3)n2)CC1. The number of hydrogen-bond acceptors (Lipinski definition) is 3. The number of piperidine rings is 1. The van der Waals surface area contributed by atoms with Crippen molar-refractivity contribution in [3.8, 4) is 0 Å². The highest BCUT2D eigenvalue weighted by Crippen LogP contribution is 2.29. The quantitative estimate of drug-likeness (QED) is 0.926. The summed E-state index contributed by atoms with van der Waals surface area (Å²) in [6.45, 7) is 1.26. The highest BCUT2D eigenvalue weighted by atomic mass is 16.4. The number of aromatic nitrogens is 2. The van der Waals surface area contributed by atoms with Crippen LogP contribution >= 0.6 is 0 Å². The minimum absolute atomic E-state index is 0.0227. The van der Waals surface area contributed by atoms with Crippen molar-refractivity contribution in [3.63, 3.8) is 0 Å². The zero-order valence-corrected chi connectivity index (χ0v) is 12.8. The van der Waals surface area contributed by atoms with Gasteiger partial charge in [-0.1, -0.05) is 12.8 Å². The van der Waals surface area contributed by atoms with Gasteiger partial charge >= 0.3 is 5.97 Å². The van der Waals surface area contributed by atoms with Crippen molar-refractivity contribution in [2.75, 3.05) is 13.1 Å². The number of rotatable bonds is 4. The van der Waals surface area contributed by atoms with Crippen molar-refractivity contribution in [2.45, 2.75) is 51.0 Å². The van der Waals surface area contributed by atoms with Gasteiger partial charge in [-0.25, -0.2) is 0 Å². The van der Waals surface area contributed by atoms with Gasteiger partial charge in [0, 0.05) is 25.7 Å². The van der Waals surface area contributed by atoms with Crippen molar-refractivity contribution >= 4 is 11.9 Å². The average Bonchev–Trinajstić information content (AvgIpc) is 3.18. The number of likely N-dealkylation sites (tertiary alicyclic amines) is 1. The Morgan fingerprint density at radius 3 is 2.50 bits per heavy atom. The predicted molar refractivity (Wildman–Crippen MR) is 80.6 cm³/mol. The van der Waals surface area contributed by atoms with Crippen molar-refractivity contribution in [1.29, 1.82) is 0 Å². The zero-order valence-electron chi connectivity index (χ0n) is 12.8. The number of carbonyl (C=O) groups is 2. The van der Waals surface area contributed by atoms with Crippen LogP contribution in [-0.4, -0.2) is 44.8 Å². The van der Waals surface area contributed by atoms with Crippen LogP contribution in [-0.2, 0) is 4.79 Å². The standard InChI is InChI=1S/C16H23N3O3/c20-15(21)11-12-5-8-18(9-6-12)16(22)14-7-10-19(17-14)13-3-1-2-4-13/h7,10,12-13H,1-6,8-9,11H2,(H,20,21). The molecule has 22 heavy (non-hydrogen) atoms. The molecule has 0 radical (unpaired) electrons. The van der Waals surface area contributed by atoms with Crippen LogP contribution in [0.25, 0.3) is 0 Å². The van der Waals surface area contributed by atoms with E-state index >= 15 is 0 Å². The molecule has 1 aliphatic carbocycles. The Hall–Kier alpha value is -1.85. The Kier molecular flexibility index (Phi) is 4.45. The van der Waals surface area contributed by atoms with E-state index in [4.69, 9.17) is 5.11 Å². The van der Waals surface area contributed by atoms with Crippen LogP contribution in [0.3, 0.4) is 0 Å². The molecule has 1 aliphatic heterocycles. The van der Waals surface area contributed by atoms with Gasteiger partial charge in [-0.3, -0.25) is 14.3 Å². The van der Waals surface area contributed by atoms with E-state index in [-0.39, 0.29) is 18.2 Å². The Bertz CT molecular complexity index is 541. The maximum Gasteiger partial charge on any atom is 0.303 e. The summed E-state index contributed by atoms with van der Waals surface area (Å²) in [7, 11) is 0. The van der Waals surface area contributed by atoms with Crippen LogP contribution in [0.2, 0.25) is 0 Å². The normalized spacial score (nSPS) is 20.5. The minimum Gasteiger partial charge on any atom is -0.481 e. The van der Waals surface area contributed by atoms with Crippen molar-refractivity contribution in [3.05, 3.63) is 18.0 Å². The van der Waals surface area contributed by atoms with Gasteiger partial charge in [-0.15, -0.1) is 0 Å². The summed E-state index contributed by atoms with van der Waals surface area (Å²) in [5.74, 6) is -0.580. The van der Waals surface area contributed by atoms with Gasteiger partial charge in [-0.2, -0.15) is 5.10 Å². The molecule has 1 saturated heterocycles. The molecule has 3 rings (SSSR count). The predicted octanol–water partition coefficient (Wildman–Crippen LogP) is 2.33. The summed E-state index contributed by atoms with van der Waals surface area (Å²) in [5.41, 5.74) is 0.517. The average molecular weight is 305 g/mol. The molecule has 0 atom stereocenters. The number of carboxylic acids is 1. The number of hydrogen-bond donors (Lipinski definition) is 1. The van der Waals surface area contributed by atoms with Crippen LogP contribution < -0.4 is 0 Å².